The molecular formula is C17H22N4O5. The van der Waals surface area contributed by atoms with Gasteiger partial charge in [0, 0.05) is 13.0 Å². The van der Waals surface area contributed by atoms with Gasteiger partial charge in [-0.1, -0.05) is 17.3 Å². The number of amides is 1. The van der Waals surface area contributed by atoms with E-state index in [9.17, 15) is 14.4 Å². The summed E-state index contributed by atoms with van der Waals surface area (Å²) in [5.41, 5.74) is -0.472. The van der Waals surface area contributed by atoms with Crippen LogP contribution < -0.4 is 10.9 Å². The SMILES string of the molecule is CC(C)(C)OC(=O)NCCCC(=O)OCn1nnc2ccccc2c1=O. The predicted octanol–water partition coefficient (Wildman–Crippen LogP) is 1.60. The number of rotatable bonds is 6. The third-order valence-corrected chi connectivity index (χ3v) is 3.20. The number of carbonyl (C=O) groups is 2. The van der Waals surface area contributed by atoms with Gasteiger partial charge in [0.05, 0.1) is 5.39 Å². The third-order valence-electron chi connectivity index (χ3n) is 3.20. The quantitative estimate of drug-likeness (QED) is 0.613. The molecule has 2 rings (SSSR count). The second-order valence-corrected chi connectivity index (χ2v) is 6.59. The number of benzene rings is 1. The molecule has 0 bridgehead atoms. The van der Waals surface area contributed by atoms with Crippen molar-refractivity contribution in [3.63, 3.8) is 0 Å². The lowest BCUT2D eigenvalue weighted by molar-refractivity contribution is -0.148. The van der Waals surface area contributed by atoms with Crippen molar-refractivity contribution >= 4 is 23.0 Å². The molecule has 1 heterocycles. The second-order valence-electron chi connectivity index (χ2n) is 6.59. The van der Waals surface area contributed by atoms with Crippen LogP contribution >= 0.6 is 0 Å². The zero-order chi connectivity index (χ0) is 19.2. The Bertz CT molecular complexity index is 841. The van der Waals surface area contributed by atoms with Gasteiger partial charge in [0.1, 0.15) is 11.1 Å². The third kappa shape index (κ3) is 5.83. The molecule has 0 saturated heterocycles. The van der Waals surface area contributed by atoms with Crippen LogP contribution in [0.25, 0.3) is 10.9 Å². The van der Waals surface area contributed by atoms with Crippen molar-refractivity contribution in [3.05, 3.63) is 34.6 Å². The first-order valence-corrected chi connectivity index (χ1v) is 8.21. The minimum absolute atomic E-state index is 0.0888. The van der Waals surface area contributed by atoms with E-state index in [4.69, 9.17) is 9.47 Å². The summed E-state index contributed by atoms with van der Waals surface area (Å²) in [6.07, 6.45) is -0.0640. The summed E-state index contributed by atoms with van der Waals surface area (Å²) >= 11 is 0. The highest BCUT2D eigenvalue weighted by molar-refractivity contribution is 5.76. The number of alkyl carbamates (subject to hydrolysis) is 1. The van der Waals surface area contributed by atoms with Crippen LogP contribution in [0.1, 0.15) is 33.6 Å². The van der Waals surface area contributed by atoms with E-state index in [1.54, 1.807) is 45.0 Å². The summed E-state index contributed by atoms with van der Waals surface area (Å²) in [5, 5.41) is 10.6. The van der Waals surface area contributed by atoms with Gasteiger partial charge in [0.15, 0.2) is 6.73 Å². The zero-order valence-electron chi connectivity index (χ0n) is 15.0. The van der Waals surface area contributed by atoms with Crippen LogP contribution in [-0.4, -0.2) is 39.2 Å². The molecule has 26 heavy (non-hydrogen) atoms. The molecule has 0 aliphatic heterocycles. The van der Waals surface area contributed by atoms with Gasteiger partial charge >= 0.3 is 12.1 Å². The van der Waals surface area contributed by atoms with Gasteiger partial charge < -0.3 is 14.8 Å². The second kappa shape index (κ2) is 8.41. The van der Waals surface area contributed by atoms with Gasteiger partial charge in [-0.25, -0.2) is 4.79 Å². The number of nitrogens with one attached hydrogen (secondary N) is 1. The van der Waals surface area contributed by atoms with Crippen molar-refractivity contribution in [1.82, 2.24) is 20.3 Å². The molecule has 140 valence electrons. The van der Waals surface area contributed by atoms with Gasteiger partial charge in [0.25, 0.3) is 5.56 Å². The van der Waals surface area contributed by atoms with E-state index in [-0.39, 0.29) is 25.3 Å². The molecule has 1 amide bonds. The van der Waals surface area contributed by atoms with E-state index in [2.05, 4.69) is 15.6 Å². The highest BCUT2D eigenvalue weighted by atomic mass is 16.6. The number of esters is 1. The van der Waals surface area contributed by atoms with E-state index in [1.807, 2.05) is 0 Å². The van der Waals surface area contributed by atoms with E-state index in [0.29, 0.717) is 17.3 Å². The van der Waals surface area contributed by atoms with E-state index in [0.717, 1.165) is 4.68 Å². The Kier molecular flexibility index (Phi) is 6.26. The fourth-order valence-electron chi connectivity index (χ4n) is 2.05. The van der Waals surface area contributed by atoms with Crippen molar-refractivity contribution in [3.8, 4) is 0 Å². The smallest absolute Gasteiger partial charge is 0.407 e. The number of carbonyl (C=O) groups excluding carboxylic acids is 2. The molecule has 9 heteroatoms. The summed E-state index contributed by atoms with van der Waals surface area (Å²) in [7, 11) is 0. The van der Waals surface area contributed by atoms with Gasteiger partial charge in [-0.05, 0) is 39.3 Å². The average Bonchev–Trinajstić information content (AvgIpc) is 2.57. The number of hydrogen-bond acceptors (Lipinski definition) is 7. The molecule has 1 aromatic heterocycles. The lowest BCUT2D eigenvalue weighted by Gasteiger charge is -2.19. The number of nitrogens with zero attached hydrogens (tertiary/aromatic N) is 3. The number of aromatic nitrogens is 3. The van der Waals surface area contributed by atoms with Gasteiger partial charge in [-0.15, -0.1) is 5.10 Å². The predicted molar refractivity (Wildman–Crippen MR) is 93.4 cm³/mol. The van der Waals surface area contributed by atoms with Crippen LogP contribution in [-0.2, 0) is 21.0 Å². The average molecular weight is 362 g/mol. The molecule has 2 aromatic rings. The fraction of sp³-hybridized carbons (Fsp3) is 0.471. The first kappa shape index (κ1) is 19.4. The van der Waals surface area contributed by atoms with Gasteiger partial charge in [-0.3, -0.25) is 9.59 Å². The molecule has 0 aliphatic carbocycles. The molecule has 0 atom stereocenters. The molecule has 0 saturated carbocycles. The summed E-state index contributed by atoms with van der Waals surface area (Å²) in [6, 6.07) is 6.79. The van der Waals surface area contributed by atoms with Crippen molar-refractivity contribution < 1.29 is 19.1 Å². The molecule has 9 nitrogen and oxygen atoms in total. The molecule has 1 N–H and O–H groups in total. The highest BCUT2D eigenvalue weighted by Crippen LogP contribution is 2.06. The van der Waals surface area contributed by atoms with Crippen molar-refractivity contribution in [2.75, 3.05) is 6.54 Å². The maximum atomic E-state index is 12.2. The Morgan fingerprint density at radius 2 is 1.96 bits per heavy atom. The summed E-state index contributed by atoms with van der Waals surface area (Å²) < 4.78 is 11.1. The first-order chi connectivity index (χ1) is 12.3. The lowest BCUT2D eigenvalue weighted by Crippen LogP contribution is -2.33. The van der Waals surface area contributed by atoms with Gasteiger partial charge in [-0.2, -0.15) is 4.68 Å². The summed E-state index contributed by atoms with van der Waals surface area (Å²) in [6.45, 7) is 5.26. The van der Waals surface area contributed by atoms with Crippen LogP contribution in [0.15, 0.2) is 29.1 Å². The minimum Gasteiger partial charge on any atom is -0.444 e. The van der Waals surface area contributed by atoms with Crippen LogP contribution in [0.4, 0.5) is 4.79 Å². The van der Waals surface area contributed by atoms with Crippen molar-refractivity contribution in [2.45, 2.75) is 45.9 Å². The highest BCUT2D eigenvalue weighted by Gasteiger charge is 2.15. The van der Waals surface area contributed by atoms with E-state index in [1.165, 1.54) is 0 Å². The molecule has 0 unspecified atom stereocenters. The molecule has 1 aromatic carbocycles. The molecule has 0 fully saturated rings. The van der Waals surface area contributed by atoms with Gasteiger partial charge in [0.2, 0.25) is 0 Å². The maximum Gasteiger partial charge on any atom is 0.407 e. The lowest BCUT2D eigenvalue weighted by atomic mass is 10.2. The summed E-state index contributed by atoms with van der Waals surface area (Å²) in [5.74, 6) is -0.502. The fourth-order valence-corrected chi connectivity index (χ4v) is 2.05. The Balaban J connectivity index is 1.75. The topological polar surface area (TPSA) is 112 Å². The monoisotopic (exact) mass is 362 g/mol. The van der Waals surface area contributed by atoms with Crippen LogP contribution in [0.2, 0.25) is 0 Å². The number of ether oxygens (including phenoxy) is 2. The Hall–Kier alpha value is -2.97. The van der Waals surface area contributed by atoms with Crippen LogP contribution in [0, 0.1) is 0 Å². The maximum absolute atomic E-state index is 12.2. The van der Waals surface area contributed by atoms with E-state index < -0.39 is 17.7 Å². The van der Waals surface area contributed by atoms with E-state index >= 15 is 0 Å². The molecule has 0 radical (unpaired) electrons. The Morgan fingerprint density at radius 3 is 2.69 bits per heavy atom. The largest absolute Gasteiger partial charge is 0.444 e. The summed E-state index contributed by atoms with van der Waals surface area (Å²) in [4.78, 5) is 35.4. The minimum atomic E-state index is -0.572. The Labute approximate surface area is 150 Å². The zero-order valence-corrected chi connectivity index (χ0v) is 15.0. The van der Waals surface area contributed by atoms with Crippen molar-refractivity contribution in [1.29, 1.82) is 0 Å². The van der Waals surface area contributed by atoms with Crippen LogP contribution in [0.5, 0.6) is 0 Å². The molecular weight excluding hydrogens is 340 g/mol. The van der Waals surface area contributed by atoms with Crippen LogP contribution in [0.3, 0.4) is 0 Å². The first-order valence-electron chi connectivity index (χ1n) is 8.21. The number of hydrogen-bond donors (Lipinski definition) is 1. The normalized spacial score (nSPS) is 11.2. The standard InChI is InChI=1S/C17H22N4O5/c1-17(2,3)26-16(24)18-10-6-9-14(22)25-11-21-15(23)12-7-4-5-8-13(12)19-20-21/h4-5,7-8H,6,9-11H2,1-3H3,(H,18,24). The number of fused-ring (bicyclic) bond motifs is 1. The molecule has 0 spiro atoms. The van der Waals surface area contributed by atoms with Crippen molar-refractivity contribution in [2.24, 2.45) is 0 Å². The Morgan fingerprint density at radius 1 is 1.23 bits per heavy atom. The molecule has 0 aliphatic rings.